The summed E-state index contributed by atoms with van der Waals surface area (Å²) in [7, 11) is 1.66. The van der Waals surface area contributed by atoms with E-state index in [-0.39, 0.29) is 11.4 Å². The van der Waals surface area contributed by atoms with E-state index in [4.69, 9.17) is 16.3 Å². The average Bonchev–Trinajstić information content (AvgIpc) is 2.48. The Bertz CT molecular complexity index is 486. The van der Waals surface area contributed by atoms with E-state index in [1.54, 1.807) is 19.2 Å². The SMILES string of the molecule is CCNC(=NCC(C)(C)OC)NCCc1c(F)cccc1Cl. The first kappa shape index (κ1) is 18.7. The third-order valence-electron chi connectivity index (χ3n) is 3.24. The van der Waals surface area contributed by atoms with Crippen LogP contribution in [-0.2, 0) is 11.2 Å². The molecule has 2 N–H and O–H groups in total. The molecule has 0 aromatic heterocycles. The summed E-state index contributed by atoms with van der Waals surface area (Å²) in [5, 5.41) is 6.78. The maximum atomic E-state index is 13.7. The van der Waals surface area contributed by atoms with E-state index in [0.717, 1.165) is 6.54 Å². The highest BCUT2D eigenvalue weighted by Gasteiger charge is 2.15. The minimum absolute atomic E-state index is 0.281. The van der Waals surface area contributed by atoms with Crippen LogP contribution in [0.4, 0.5) is 4.39 Å². The molecule has 4 nitrogen and oxygen atoms in total. The van der Waals surface area contributed by atoms with E-state index in [0.29, 0.717) is 36.1 Å². The van der Waals surface area contributed by atoms with Gasteiger partial charge in [0.15, 0.2) is 5.96 Å². The number of aliphatic imine (C=N–C) groups is 1. The van der Waals surface area contributed by atoms with Gasteiger partial charge in [0.2, 0.25) is 0 Å². The molecule has 124 valence electrons. The fourth-order valence-electron chi connectivity index (χ4n) is 1.75. The zero-order chi connectivity index (χ0) is 16.6. The number of rotatable bonds is 7. The summed E-state index contributed by atoms with van der Waals surface area (Å²) in [6, 6.07) is 4.72. The lowest BCUT2D eigenvalue weighted by Gasteiger charge is -2.21. The summed E-state index contributed by atoms with van der Waals surface area (Å²) in [6.07, 6.45) is 0.490. The summed E-state index contributed by atoms with van der Waals surface area (Å²) in [5.41, 5.74) is 0.196. The Labute approximate surface area is 137 Å². The Morgan fingerprint density at radius 2 is 2.09 bits per heavy atom. The molecule has 0 unspecified atom stereocenters. The van der Waals surface area contributed by atoms with Crippen LogP contribution in [0.15, 0.2) is 23.2 Å². The number of nitrogens with one attached hydrogen (secondary N) is 2. The van der Waals surface area contributed by atoms with Gasteiger partial charge in [0, 0.05) is 30.8 Å². The summed E-state index contributed by atoms with van der Waals surface area (Å²) in [6.45, 7) is 7.75. The van der Waals surface area contributed by atoms with E-state index in [9.17, 15) is 4.39 Å². The molecule has 0 bridgehead atoms. The molecule has 0 atom stereocenters. The van der Waals surface area contributed by atoms with Crippen molar-refractivity contribution in [1.82, 2.24) is 10.6 Å². The lowest BCUT2D eigenvalue weighted by atomic mass is 10.1. The number of hydrogen-bond acceptors (Lipinski definition) is 2. The molecule has 1 rings (SSSR count). The van der Waals surface area contributed by atoms with Crippen molar-refractivity contribution >= 4 is 17.6 Å². The van der Waals surface area contributed by atoms with Gasteiger partial charge in [-0.1, -0.05) is 17.7 Å². The van der Waals surface area contributed by atoms with Crippen molar-refractivity contribution in [2.75, 3.05) is 26.7 Å². The van der Waals surface area contributed by atoms with Gasteiger partial charge in [0.05, 0.1) is 12.1 Å². The van der Waals surface area contributed by atoms with Crippen LogP contribution < -0.4 is 10.6 Å². The molecular formula is C16H25ClFN3O. The van der Waals surface area contributed by atoms with E-state index in [2.05, 4.69) is 15.6 Å². The Morgan fingerprint density at radius 1 is 1.36 bits per heavy atom. The van der Waals surface area contributed by atoms with E-state index in [1.165, 1.54) is 6.07 Å². The Morgan fingerprint density at radius 3 is 2.68 bits per heavy atom. The topological polar surface area (TPSA) is 45.7 Å². The Hall–Kier alpha value is -1.33. The first-order valence-corrected chi connectivity index (χ1v) is 7.77. The lowest BCUT2D eigenvalue weighted by Crippen LogP contribution is -2.40. The molecule has 1 aromatic rings. The Kier molecular flexibility index (Phi) is 7.62. The molecule has 0 saturated carbocycles. The van der Waals surface area contributed by atoms with Gasteiger partial charge in [-0.2, -0.15) is 0 Å². The van der Waals surface area contributed by atoms with Crippen molar-refractivity contribution in [1.29, 1.82) is 0 Å². The number of halogens is 2. The largest absolute Gasteiger partial charge is 0.377 e. The molecule has 0 radical (unpaired) electrons. The van der Waals surface area contributed by atoms with Gasteiger partial charge in [-0.3, -0.25) is 4.99 Å². The third kappa shape index (κ3) is 6.20. The number of guanidine groups is 1. The van der Waals surface area contributed by atoms with Crippen LogP contribution in [0, 0.1) is 5.82 Å². The van der Waals surface area contributed by atoms with Crippen LogP contribution in [0.5, 0.6) is 0 Å². The van der Waals surface area contributed by atoms with E-state index >= 15 is 0 Å². The fraction of sp³-hybridized carbons (Fsp3) is 0.562. The summed E-state index contributed by atoms with van der Waals surface area (Å²) in [5.74, 6) is 0.400. The summed E-state index contributed by atoms with van der Waals surface area (Å²) < 4.78 is 19.0. The van der Waals surface area contributed by atoms with E-state index < -0.39 is 0 Å². The second kappa shape index (κ2) is 8.96. The Balaban J connectivity index is 2.60. The third-order valence-corrected chi connectivity index (χ3v) is 3.60. The number of nitrogens with zero attached hydrogens (tertiary/aromatic N) is 1. The number of benzene rings is 1. The number of methoxy groups -OCH3 is 1. The maximum Gasteiger partial charge on any atom is 0.191 e. The van der Waals surface area contributed by atoms with Crippen molar-refractivity contribution in [2.24, 2.45) is 4.99 Å². The normalized spacial score (nSPS) is 12.4. The minimum Gasteiger partial charge on any atom is -0.377 e. The van der Waals surface area contributed by atoms with Crippen LogP contribution in [0.1, 0.15) is 26.3 Å². The van der Waals surface area contributed by atoms with Gasteiger partial charge < -0.3 is 15.4 Å². The van der Waals surface area contributed by atoms with Crippen molar-refractivity contribution in [2.45, 2.75) is 32.8 Å². The first-order valence-electron chi connectivity index (χ1n) is 7.40. The summed E-state index contributed by atoms with van der Waals surface area (Å²) >= 11 is 6.02. The molecular weight excluding hydrogens is 305 g/mol. The second-order valence-corrected chi connectivity index (χ2v) is 5.94. The van der Waals surface area contributed by atoms with E-state index in [1.807, 2.05) is 20.8 Å². The van der Waals surface area contributed by atoms with Gasteiger partial charge in [0.1, 0.15) is 5.82 Å². The molecule has 0 amide bonds. The van der Waals surface area contributed by atoms with Crippen molar-refractivity contribution < 1.29 is 9.13 Å². The van der Waals surface area contributed by atoms with Crippen LogP contribution in [0.25, 0.3) is 0 Å². The highest BCUT2D eigenvalue weighted by molar-refractivity contribution is 6.31. The molecule has 0 fully saturated rings. The average molecular weight is 330 g/mol. The van der Waals surface area contributed by atoms with Gasteiger partial charge >= 0.3 is 0 Å². The predicted octanol–water partition coefficient (Wildman–Crippen LogP) is 3.00. The molecule has 0 aliphatic carbocycles. The molecule has 0 spiro atoms. The predicted molar refractivity (Wildman–Crippen MR) is 90.2 cm³/mol. The van der Waals surface area contributed by atoms with Crippen LogP contribution in [0.2, 0.25) is 5.02 Å². The quantitative estimate of drug-likeness (QED) is 0.597. The van der Waals surface area contributed by atoms with Gasteiger partial charge in [0.25, 0.3) is 0 Å². The maximum absolute atomic E-state index is 13.7. The van der Waals surface area contributed by atoms with Crippen molar-refractivity contribution in [3.63, 3.8) is 0 Å². The minimum atomic E-state index is -0.322. The molecule has 0 heterocycles. The van der Waals surface area contributed by atoms with Gasteiger partial charge in [-0.25, -0.2) is 4.39 Å². The number of ether oxygens (including phenoxy) is 1. The monoisotopic (exact) mass is 329 g/mol. The zero-order valence-electron chi connectivity index (χ0n) is 13.7. The molecule has 6 heteroatoms. The van der Waals surface area contributed by atoms with Gasteiger partial charge in [-0.05, 0) is 39.3 Å². The highest BCUT2D eigenvalue weighted by atomic mass is 35.5. The summed E-state index contributed by atoms with van der Waals surface area (Å²) in [4.78, 5) is 4.47. The molecule has 0 aliphatic rings. The molecule has 0 saturated heterocycles. The number of hydrogen-bond donors (Lipinski definition) is 2. The highest BCUT2D eigenvalue weighted by Crippen LogP contribution is 2.18. The van der Waals surface area contributed by atoms with Gasteiger partial charge in [-0.15, -0.1) is 0 Å². The van der Waals surface area contributed by atoms with Crippen LogP contribution >= 0.6 is 11.6 Å². The van der Waals surface area contributed by atoms with Crippen LogP contribution in [0.3, 0.4) is 0 Å². The van der Waals surface area contributed by atoms with Crippen LogP contribution in [-0.4, -0.2) is 38.3 Å². The smallest absolute Gasteiger partial charge is 0.191 e. The zero-order valence-corrected chi connectivity index (χ0v) is 14.4. The van der Waals surface area contributed by atoms with Crippen molar-refractivity contribution in [3.8, 4) is 0 Å². The fourth-order valence-corrected chi connectivity index (χ4v) is 2.01. The standard InChI is InChI=1S/C16H25ClFN3O/c1-5-19-15(21-11-16(2,3)22-4)20-10-9-12-13(17)7-6-8-14(12)18/h6-8H,5,9-11H2,1-4H3,(H2,19,20,21). The first-order chi connectivity index (χ1) is 10.4. The van der Waals surface area contributed by atoms with Crippen molar-refractivity contribution in [3.05, 3.63) is 34.6 Å². The lowest BCUT2D eigenvalue weighted by molar-refractivity contribution is 0.0310. The second-order valence-electron chi connectivity index (χ2n) is 5.54. The molecule has 0 aliphatic heterocycles. The molecule has 22 heavy (non-hydrogen) atoms. The molecule has 1 aromatic carbocycles.